The van der Waals surface area contributed by atoms with Crippen LogP contribution in [0, 0.1) is 13.8 Å². The summed E-state index contributed by atoms with van der Waals surface area (Å²) in [4.78, 5) is 11.1. The molecular weight excluding hydrogens is 194 g/mol. The molecule has 0 radical (unpaired) electrons. The number of hydrogen-bond donors (Lipinski definition) is 2. The van der Waals surface area contributed by atoms with Gasteiger partial charge in [0.1, 0.15) is 12.4 Å². The number of ether oxygens (including phenoxy) is 1. The predicted molar refractivity (Wildman–Crippen MR) is 58.2 cm³/mol. The van der Waals surface area contributed by atoms with Crippen molar-refractivity contribution in [2.24, 2.45) is 0 Å². The van der Waals surface area contributed by atoms with E-state index in [4.69, 9.17) is 9.84 Å². The number of methoxy groups -OCH3 is 1. The molecule has 1 rings (SSSR count). The van der Waals surface area contributed by atoms with E-state index in [1.165, 1.54) is 0 Å². The highest BCUT2D eigenvalue weighted by Crippen LogP contribution is 2.29. The Morgan fingerprint density at radius 2 is 2.13 bits per heavy atom. The second kappa shape index (κ2) is 4.79. The molecule has 0 bridgehead atoms. The molecule has 15 heavy (non-hydrogen) atoms. The van der Waals surface area contributed by atoms with Gasteiger partial charge in [0.25, 0.3) is 0 Å². The first-order chi connectivity index (χ1) is 7.08. The van der Waals surface area contributed by atoms with Crippen LogP contribution in [0.3, 0.4) is 0 Å². The number of aliphatic hydroxyl groups is 1. The minimum absolute atomic E-state index is 0.446. The molecule has 0 aliphatic rings. The lowest BCUT2D eigenvalue weighted by atomic mass is 10.1. The molecule has 0 fully saturated rings. The summed E-state index contributed by atoms with van der Waals surface area (Å²) >= 11 is 0. The highest BCUT2D eigenvalue weighted by molar-refractivity contribution is 5.93. The van der Waals surface area contributed by atoms with Crippen LogP contribution in [0.4, 0.5) is 5.69 Å². The molecule has 0 unspecified atom stereocenters. The Labute approximate surface area is 88.9 Å². The van der Waals surface area contributed by atoms with Gasteiger partial charge in [-0.15, -0.1) is 0 Å². The van der Waals surface area contributed by atoms with E-state index >= 15 is 0 Å². The standard InChI is InChI=1S/C11H15NO3/c1-7-4-8(2)11(15-3)9(5-7)12-10(14)6-13/h4-5,13H,6H2,1-3H3,(H,12,14). The second-order valence-corrected chi connectivity index (χ2v) is 3.37. The average Bonchev–Trinajstić information content (AvgIpc) is 2.17. The molecule has 0 atom stereocenters. The van der Waals surface area contributed by atoms with E-state index < -0.39 is 12.5 Å². The molecule has 4 heteroatoms. The molecule has 1 amide bonds. The van der Waals surface area contributed by atoms with Gasteiger partial charge in [-0.2, -0.15) is 0 Å². The number of rotatable bonds is 3. The molecule has 0 aliphatic carbocycles. The fraction of sp³-hybridized carbons (Fsp3) is 0.364. The van der Waals surface area contributed by atoms with E-state index in [-0.39, 0.29) is 0 Å². The van der Waals surface area contributed by atoms with Gasteiger partial charge in [0.05, 0.1) is 12.8 Å². The molecule has 4 nitrogen and oxygen atoms in total. The Morgan fingerprint density at radius 3 is 2.67 bits per heavy atom. The van der Waals surface area contributed by atoms with Gasteiger partial charge >= 0.3 is 0 Å². The maximum absolute atomic E-state index is 11.1. The first kappa shape index (κ1) is 11.5. The zero-order valence-electron chi connectivity index (χ0n) is 9.13. The van der Waals surface area contributed by atoms with Crippen molar-refractivity contribution in [1.29, 1.82) is 0 Å². The monoisotopic (exact) mass is 209 g/mol. The summed E-state index contributed by atoms with van der Waals surface area (Å²) in [7, 11) is 1.55. The molecule has 2 N–H and O–H groups in total. The molecule has 0 saturated carbocycles. The maximum Gasteiger partial charge on any atom is 0.250 e. The van der Waals surface area contributed by atoms with Gasteiger partial charge in [-0.25, -0.2) is 0 Å². The molecule has 0 aliphatic heterocycles. The van der Waals surface area contributed by atoms with E-state index in [9.17, 15) is 4.79 Å². The molecule has 1 aromatic rings. The van der Waals surface area contributed by atoms with Crippen LogP contribution in [0.1, 0.15) is 11.1 Å². The molecule has 0 saturated heterocycles. The van der Waals surface area contributed by atoms with Crippen LogP contribution in [-0.2, 0) is 4.79 Å². The van der Waals surface area contributed by atoms with Crippen molar-refractivity contribution in [3.05, 3.63) is 23.3 Å². The smallest absolute Gasteiger partial charge is 0.250 e. The zero-order valence-corrected chi connectivity index (χ0v) is 9.13. The zero-order chi connectivity index (χ0) is 11.4. The van der Waals surface area contributed by atoms with E-state index in [1.807, 2.05) is 19.9 Å². The third-order valence-electron chi connectivity index (χ3n) is 2.04. The highest BCUT2D eigenvalue weighted by atomic mass is 16.5. The molecule has 0 aromatic heterocycles. The van der Waals surface area contributed by atoms with Gasteiger partial charge in [-0.3, -0.25) is 4.79 Å². The minimum atomic E-state index is -0.532. The van der Waals surface area contributed by atoms with Crippen LogP contribution in [-0.4, -0.2) is 24.7 Å². The molecular formula is C11H15NO3. The first-order valence-corrected chi connectivity index (χ1v) is 4.64. The maximum atomic E-state index is 11.1. The predicted octanol–water partition coefficient (Wildman–Crippen LogP) is 1.24. The van der Waals surface area contributed by atoms with E-state index in [0.717, 1.165) is 11.1 Å². The minimum Gasteiger partial charge on any atom is -0.494 e. The van der Waals surface area contributed by atoms with Gasteiger partial charge in [0.15, 0.2) is 0 Å². The topological polar surface area (TPSA) is 58.6 Å². The lowest BCUT2D eigenvalue weighted by molar-refractivity contribution is -0.118. The third kappa shape index (κ3) is 2.70. The van der Waals surface area contributed by atoms with Gasteiger partial charge in [-0.05, 0) is 31.0 Å². The number of carbonyl (C=O) groups excluding carboxylic acids is 1. The van der Waals surface area contributed by atoms with Crippen LogP contribution in [0.25, 0.3) is 0 Å². The lowest BCUT2D eigenvalue weighted by Crippen LogP contribution is -2.16. The fourth-order valence-electron chi connectivity index (χ4n) is 1.51. The van der Waals surface area contributed by atoms with Crippen molar-refractivity contribution in [1.82, 2.24) is 0 Å². The van der Waals surface area contributed by atoms with Gasteiger partial charge < -0.3 is 15.2 Å². The van der Waals surface area contributed by atoms with Crippen LogP contribution in [0.5, 0.6) is 5.75 Å². The van der Waals surface area contributed by atoms with Crippen molar-refractivity contribution >= 4 is 11.6 Å². The van der Waals surface area contributed by atoms with Crippen LogP contribution >= 0.6 is 0 Å². The van der Waals surface area contributed by atoms with Crippen molar-refractivity contribution in [3.8, 4) is 5.75 Å². The van der Waals surface area contributed by atoms with Gasteiger partial charge in [-0.1, -0.05) is 6.07 Å². The summed E-state index contributed by atoms with van der Waals surface area (Å²) < 4.78 is 5.18. The molecule has 1 aromatic carbocycles. The molecule has 0 heterocycles. The highest BCUT2D eigenvalue weighted by Gasteiger charge is 2.09. The number of hydrogen-bond acceptors (Lipinski definition) is 3. The van der Waals surface area contributed by atoms with Crippen molar-refractivity contribution in [2.75, 3.05) is 19.0 Å². The van der Waals surface area contributed by atoms with Gasteiger partial charge in [0, 0.05) is 0 Å². The number of carbonyl (C=O) groups is 1. The Balaban J connectivity index is 3.09. The van der Waals surface area contributed by atoms with Crippen molar-refractivity contribution in [3.63, 3.8) is 0 Å². The Hall–Kier alpha value is -1.55. The summed E-state index contributed by atoms with van der Waals surface area (Å²) in [6, 6.07) is 3.77. The lowest BCUT2D eigenvalue weighted by Gasteiger charge is -2.13. The number of benzene rings is 1. The summed E-state index contributed by atoms with van der Waals surface area (Å²) in [6.07, 6.45) is 0. The first-order valence-electron chi connectivity index (χ1n) is 4.64. The van der Waals surface area contributed by atoms with Crippen LogP contribution < -0.4 is 10.1 Å². The number of anilines is 1. The Morgan fingerprint density at radius 1 is 1.47 bits per heavy atom. The Bertz CT molecular complexity index is 374. The summed E-state index contributed by atoms with van der Waals surface area (Å²) in [6.45, 7) is 3.30. The van der Waals surface area contributed by atoms with Crippen LogP contribution in [0.15, 0.2) is 12.1 Å². The summed E-state index contributed by atoms with van der Waals surface area (Å²) in [5.74, 6) is 0.181. The van der Waals surface area contributed by atoms with Crippen molar-refractivity contribution in [2.45, 2.75) is 13.8 Å². The van der Waals surface area contributed by atoms with Gasteiger partial charge in [0.2, 0.25) is 5.91 Å². The quantitative estimate of drug-likeness (QED) is 0.787. The fourth-order valence-corrected chi connectivity index (χ4v) is 1.51. The number of aryl methyl sites for hydroxylation is 2. The Kier molecular flexibility index (Phi) is 3.68. The molecule has 82 valence electrons. The number of aliphatic hydroxyl groups excluding tert-OH is 1. The SMILES string of the molecule is COc1c(C)cc(C)cc1NC(=O)CO. The summed E-state index contributed by atoms with van der Waals surface area (Å²) in [5, 5.41) is 11.2. The van der Waals surface area contributed by atoms with E-state index in [2.05, 4.69) is 5.32 Å². The number of nitrogens with one attached hydrogen (secondary N) is 1. The second-order valence-electron chi connectivity index (χ2n) is 3.37. The van der Waals surface area contributed by atoms with Crippen LogP contribution in [0.2, 0.25) is 0 Å². The average molecular weight is 209 g/mol. The number of amides is 1. The normalized spacial score (nSPS) is 9.87. The van der Waals surface area contributed by atoms with E-state index in [0.29, 0.717) is 11.4 Å². The largest absolute Gasteiger partial charge is 0.494 e. The summed E-state index contributed by atoms with van der Waals surface area (Å²) in [5.41, 5.74) is 2.57. The third-order valence-corrected chi connectivity index (χ3v) is 2.04. The molecule has 0 spiro atoms. The van der Waals surface area contributed by atoms with E-state index in [1.54, 1.807) is 13.2 Å². The van der Waals surface area contributed by atoms with Crippen molar-refractivity contribution < 1.29 is 14.6 Å².